The fraction of sp³-hybridized carbons (Fsp3) is 0.471. The number of urea groups is 1. The van der Waals surface area contributed by atoms with E-state index in [0.717, 1.165) is 0 Å². The molecule has 4 amide bonds. The summed E-state index contributed by atoms with van der Waals surface area (Å²) in [5.41, 5.74) is 0.335. The smallest absolute Gasteiger partial charge is 0.319 e. The van der Waals surface area contributed by atoms with Gasteiger partial charge in [0.2, 0.25) is 11.8 Å². The Labute approximate surface area is 144 Å². The first-order valence-electron chi connectivity index (χ1n) is 8.29. The van der Waals surface area contributed by atoms with Crippen molar-refractivity contribution in [1.29, 1.82) is 0 Å². The van der Waals surface area contributed by atoms with Crippen LogP contribution in [0, 0.1) is 11.7 Å². The van der Waals surface area contributed by atoms with Crippen molar-refractivity contribution in [2.75, 3.05) is 11.9 Å². The maximum atomic E-state index is 13.2. The van der Waals surface area contributed by atoms with Crippen LogP contribution in [0.1, 0.15) is 20.3 Å². The third-order valence-electron chi connectivity index (χ3n) is 4.53. The molecule has 0 aromatic heterocycles. The van der Waals surface area contributed by atoms with E-state index < -0.39 is 23.9 Å². The highest BCUT2D eigenvalue weighted by atomic mass is 19.1. The van der Waals surface area contributed by atoms with Gasteiger partial charge in [-0.25, -0.2) is 9.18 Å². The molecule has 0 bridgehead atoms. The van der Waals surface area contributed by atoms with Crippen molar-refractivity contribution in [3.8, 4) is 0 Å². The van der Waals surface area contributed by atoms with Crippen LogP contribution in [-0.2, 0) is 9.59 Å². The number of nitrogens with one attached hydrogen (secondary N) is 3. The summed E-state index contributed by atoms with van der Waals surface area (Å²) in [6, 6.07) is 3.66. The van der Waals surface area contributed by atoms with Gasteiger partial charge in [0.15, 0.2) is 0 Å². The molecule has 7 nitrogen and oxygen atoms in total. The highest BCUT2D eigenvalue weighted by Crippen LogP contribution is 2.25. The highest BCUT2D eigenvalue weighted by molar-refractivity contribution is 5.98. The molecule has 2 fully saturated rings. The van der Waals surface area contributed by atoms with Gasteiger partial charge in [0.05, 0.1) is 6.04 Å². The van der Waals surface area contributed by atoms with Crippen molar-refractivity contribution < 1.29 is 18.8 Å². The summed E-state index contributed by atoms with van der Waals surface area (Å²) in [5, 5.41) is 8.05. The Morgan fingerprint density at radius 3 is 2.80 bits per heavy atom. The number of carbonyl (C=O) groups is 3. The summed E-state index contributed by atoms with van der Waals surface area (Å²) in [4.78, 5) is 38.3. The van der Waals surface area contributed by atoms with Crippen LogP contribution < -0.4 is 16.0 Å². The van der Waals surface area contributed by atoms with Crippen molar-refractivity contribution in [2.24, 2.45) is 5.92 Å². The quantitative estimate of drug-likeness (QED) is 0.763. The molecule has 3 rings (SSSR count). The van der Waals surface area contributed by atoms with E-state index in [1.54, 1.807) is 6.07 Å². The first-order valence-corrected chi connectivity index (χ1v) is 8.29. The van der Waals surface area contributed by atoms with Crippen LogP contribution >= 0.6 is 0 Å². The van der Waals surface area contributed by atoms with Crippen molar-refractivity contribution in [1.82, 2.24) is 15.5 Å². The predicted octanol–water partition coefficient (Wildman–Crippen LogP) is 1.07. The Morgan fingerprint density at radius 1 is 1.36 bits per heavy atom. The molecule has 0 aliphatic carbocycles. The highest BCUT2D eigenvalue weighted by Gasteiger charge is 2.47. The maximum Gasteiger partial charge on any atom is 0.319 e. The lowest BCUT2D eigenvalue weighted by Crippen LogP contribution is -2.62. The molecule has 3 N–H and O–H groups in total. The Balaban J connectivity index is 1.61. The van der Waals surface area contributed by atoms with E-state index >= 15 is 0 Å². The monoisotopic (exact) mass is 348 g/mol. The van der Waals surface area contributed by atoms with Gasteiger partial charge in [0.25, 0.3) is 0 Å². The van der Waals surface area contributed by atoms with Gasteiger partial charge in [0.1, 0.15) is 17.9 Å². The van der Waals surface area contributed by atoms with Crippen LogP contribution in [0.4, 0.5) is 14.9 Å². The van der Waals surface area contributed by atoms with Gasteiger partial charge in [-0.05, 0) is 30.5 Å². The number of benzene rings is 1. The number of hydrogen-bond donors (Lipinski definition) is 3. The number of hydrogen-bond acceptors (Lipinski definition) is 3. The maximum absolute atomic E-state index is 13.2. The molecule has 1 aromatic rings. The second kappa shape index (κ2) is 6.70. The van der Waals surface area contributed by atoms with E-state index in [1.807, 2.05) is 13.8 Å². The average Bonchev–Trinajstić information content (AvgIpc) is 2.95. The van der Waals surface area contributed by atoms with Gasteiger partial charge in [0, 0.05) is 12.2 Å². The third-order valence-corrected chi connectivity index (χ3v) is 4.53. The number of rotatable bonds is 3. The minimum atomic E-state index is -0.554. The van der Waals surface area contributed by atoms with Gasteiger partial charge < -0.3 is 20.9 Å². The lowest BCUT2D eigenvalue weighted by molar-refractivity contribution is -0.148. The normalized spacial score (nSPS) is 25.6. The molecular weight excluding hydrogens is 327 g/mol. The number of amides is 4. The van der Waals surface area contributed by atoms with Crippen LogP contribution in [-0.4, -0.2) is 47.4 Å². The van der Waals surface area contributed by atoms with Crippen LogP contribution in [0.25, 0.3) is 0 Å². The van der Waals surface area contributed by atoms with E-state index in [-0.39, 0.29) is 30.3 Å². The van der Waals surface area contributed by atoms with Gasteiger partial charge >= 0.3 is 6.03 Å². The molecule has 0 spiro atoms. The zero-order valence-corrected chi connectivity index (χ0v) is 14.1. The van der Waals surface area contributed by atoms with Crippen LogP contribution in [0.5, 0.6) is 0 Å². The second-order valence-corrected chi connectivity index (χ2v) is 6.78. The summed E-state index contributed by atoms with van der Waals surface area (Å²) < 4.78 is 13.2. The standard InChI is InChI=1S/C17H21FN4O3/c1-9(2)14-16(24)22-8-12(7-13(22)15(23)21-14)20-17(25)19-11-5-3-4-10(18)6-11/h3-6,9,12-14H,7-8H2,1-2H3,(H,21,23)(H2,19,20,25)/t12-,13-,14-/m0/s1. The predicted molar refractivity (Wildman–Crippen MR) is 89.2 cm³/mol. The molecule has 0 saturated carbocycles. The Kier molecular flexibility index (Phi) is 4.61. The van der Waals surface area contributed by atoms with Crippen molar-refractivity contribution in [3.63, 3.8) is 0 Å². The molecule has 2 aliphatic heterocycles. The molecule has 0 unspecified atom stereocenters. The molecule has 134 valence electrons. The number of carbonyl (C=O) groups excluding carboxylic acids is 3. The molecule has 0 radical (unpaired) electrons. The molecule has 2 saturated heterocycles. The van der Waals surface area contributed by atoms with Crippen LogP contribution in [0.2, 0.25) is 0 Å². The van der Waals surface area contributed by atoms with E-state index in [4.69, 9.17) is 0 Å². The number of fused-ring (bicyclic) bond motifs is 1. The molecule has 1 aromatic carbocycles. The Hall–Kier alpha value is -2.64. The van der Waals surface area contributed by atoms with Gasteiger partial charge in [-0.1, -0.05) is 19.9 Å². The van der Waals surface area contributed by atoms with E-state index in [9.17, 15) is 18.8 Å². The molecule has 25 heavy (non-hydrogen) atoms. The van der Waals surface area contributed by atoms with Crippen molar-refractivity contribution >= 4 is 23.5 Å². The number of halogens is 1. The SMILES string of the molecule is CC(C)[C@@H]1NC(=O)[C@@H]2C[C@H](NC(=O)Nc3cccc(F)c3)CN2C1=O. The van der Waals surface area contributed by atoms with Gasteiger partial charge in [-0.3, -0.25) is 9.59 Å². The first-order chi connectivity index (χ1) is 11.8. The Morgan fingerprint density at radius 2 is 2.12 bits per heavy atom. The van der Waals surface area contributed by atoms with Crippen LogP contribution in [0.3, 0.4) is 0 Å². The molecule has 3 atom stereocenters. The van der Waals surface area contributed by atoms with Crippen molar-refractivity contribution in [3.05, 3.63) is 30.1 Å². The fourth-order valence-electron chi connectivity index (χ4n) is 3.29. The van der Waals surface area contributed by atoms with Crippen molar-refractivity contribution in [2.45, 2.75) is 38.4 Å². The van der Waals surface area contributed by atoms with E-state index in [1.165, 1.54) is 23.1 Å². The van der Waals surface area contributed by atoms with Gasteiger partial charge in [-0.2, -0.15) is 0 Å². The number of anilines is 1. The minimum Gasteiger partial charge on any atom is -0.342 e. The third kappa shape index (κ3) is 3.57. The van der Waals surface area contributed by atoms with E-state index in [0.29, 0.717) is 12.1 Å². The van der Waals surface area contributed by atoms with Gasteiger partial charge in [-0.15, -0.1) is 0 Å². The largest absolute Gasteiger partial charge is 0.342 e. The van der Waals surface area contributed by atoms with E-state index in [2.05, 4.69) is 16.0 Å². The minimum absolute atomic E-state index is 0.000634. The second-order valence-electron chi connectivity index (χ2n) is 6.78. The fourth-order valence-corrected chi connectivity index (χ4v) is 3.29. The lowest BCUT2D eigenvalue weighted by Gasteiger charge is -2.36. The first kappa shape index (κ1) is 17.2. The molecule has 8 heteroatoms. The Bertz CT molecular complexity index is 709. The zero-order chi connectivity index (χ0) is 18.1. The van der Waals surface area contributed by atoms with Crippen LogP contribution in [0.15, 0.2) is 24.3 Å². The average molecular weight is 348 g/mol. The summed E-state index contributed by atoms with van der Waals surface area (Å²) in [5.74, 6) is -0.749. The topological polar surface area (TPSA) is 90.5 Å². The summed E-state index contributed by atoms with van der Waals surface area (Å²) >= 11 is 0. The molecule has 2 aliphatic rings. The molecular formula is C17H21FN4O3. The number of piperazine rings is 1. The lowest BCUT2D eigenvalue weighted by atomic mass is 9.98. The molecule has 2 heterocycles. The summed E-state index contributed by atoms with van der Waals surface area (Å²) in [6.07, 6.45) is 0.360. The zero-order valence-electron chi connectivity index (χ0n) is 14.1. The number of nitrogens with zero attached hydrogens (tertiary/aromatic N) is 1. The summed E-state index contributed by atoms with van der Waals surface area (Å²) in [6.45, 7) is 4.04. The summed E-state index contributed by atoms with van der Waals surface area (Å²) in [7, 11) is 0.